The van der Waals surface area contributed by atoms with Gasteiger partial charge >= 0.3 is 0 Å². The quantitative estimate of drug-likeness (QED) is 0.238. The predicted molar refractivity (Wildman–Crippen MR) is 158 cm³/mol. The molecule has 1 aliphatic heterocycles. The van der Waals surface area contributed by atoms with E-state index >= 15 is 0 Å². The topological polar surface area (TPSA) is 120 Å². The van der Waals surface area contributed by atoms with Crippen molar-refractivity contribution in [3.05, 3.63) is 84.2 Å². The van der Waals surface area contributed by atoms with Gasteiger partial charge in [-0.1, -0.05) is 24.3 Å². The highest BCUT2D eigenvalue weighted by Gasteiger charge is 2.30. The molecule has 3 aromatic rings. The van der Waals surface area contributed by atoms with Gasteiger partial charge in [0.15, 0.2) is 0 Å². The van der Waals surface area contributed by atoms with E-state index in [-0.39, 0.29) is 23.5 Å². The van der Waals surface area contributed by atoms with Crippen molar-refractivity contribution in [2.75, 3.05) is 30.7 Å². The van der Waals surface area contributed by atoms with Crippen LogP contribution in [0.25, 0.3) is 0 Å². The smallest absolute Gasteiger partial charge is 0.246 e. The van der Waals surface area contributed by atoms with Gasteiger partial charge in [0.1, 0.15) is 29.5 Å². The Hall–Kier alpha value is -4.24. The van der Waals surface area contributed by atoms with Crippen molar-refractivity contribution in [1.82, 2.24) is 19.8 Å². The van der Waals surface area contributed by atoms with Crippen molar-refractivity contribution in [2.24, 2.45) is 0 Å². The number of ether oxygens (including phenoxy) is 1. The summed E-state index contributed by atoms with van der Waals surface area (Å²) in [6, 6.07) is 18.0. The monoisotopic (exact) mass is 539 g/mol. The molecule has 9 nitrogen and oxygen atoms in total. The lowest BCUT2D eigenvalue weighted by Crippen LogP contribution is -2.34. The van der Waals surface area contributed by atoms with Crippen LogP contribution >= 0.6 is 0 Å². The molecule has 4 N–H and O–H groups in total. The molecular weight excluding hydrogens is 502 g/mol. The van der Waals surface area contributed by atoms with Crippen LogP contribution in [0.1, 0.15) is 44.2 Å². The van der Waals surface area contributed by atoms with Crippen molar-refractivity contribution in [1.29, 1.82) is 5.41 Å². The van der Waals surface area contributed by atoms with E-state index in [0.29, 0.717) is 47.9 Å². The molecule has 1 saturated carbocycles. The van der Waals surface area contributed by atoms with Crippen LogP contribution in [-0.4, -0.2) is 69.1 Å². The zero-order valence-corrected chi connectivity index (χ0v) is 23.1. The Balaban J connectivity index is 1.21. The number of hydrogen-bond donors (Lipinski definition) is 3. The van der Waals surface area contributed by atoms with Crippen molar-refractivity contribution >= 4 is 23.3 Å². The molecule has 0 spiro atoms. The number of rotatable bonds is 11. The fraction of sp³-hybridized carbons (Fsp3) is 0.355. The summed E-state index contributed by atoms with van der Waals surface area (Å²) in [6.45, 7) is 6.42. The van der Waals surface area contributed by atoms with Gasteiger partial charge in [0.25, 0.3) is 0 Å². The third-order valence-corrected chi connectivity index (χ3v) is 7.35. The molecule has 2 aromatic carbocycles. The summed E-state index contributed by atoms with van der Waals surface area (Å²) in [5.41, 5.74) is 7.56. The van der Waals surface area contributed by atoms with Gasteiger partial charge in [-0.25, -0.2) is 9.97 Å². The second kappa shape index (κ2) is 12.3. The zero-order chi connectivity index (χ0) is 28.1. The summed E-state index contributed by atoms with van der Waals surface area (Å²) < 4.78 is 5.87. The summed E-state index contributed by atoms with van der Waals surface area (Å²) >= 11 is 0. The van der Waals surface area contributed by atoms with E-state index in [1.54, 1.807) is 6.08 Å². The average molecular weight is 540 g/mol. The molecule has 2 heterocycles. The minimum absolute atomic E-state index is 0.00141. The summed E-state index contributed by atoms with van der Waals surface area (Å²) in [5, 5.41) is 12.3. The number of amides is 1. The van der Waals surface area contributed by atoms with E-state index in [2.05, 4.69) is 34.0 Å². The number of hydrogen-bond acceptors (Lipinski definition) is 8. The number of para-hydroxylation sites is 1. The van der Waals surface area contributed by atoms with Gasteiger partial charge in [0, 0.05) is 49.4 Å². The van der Waals surface area contributed by atoms with Crippen molar-refractivity contribution in [2.45, 2.75) is 51.2 Å². The number of nitrogens with zero attached hydrogens (tertiary/aromatic N) is 4. The Labute approximate surface area is 235 Å². The van der Waals surface area contributed by atoms with Crippen molar-refractivity contribution in [3.8, 4) is 11.5 Å². The summed E-state index contributed by atoms with van der Waals surface area (Å²) in [7, 11) is 0. The van der Waals surface area contributed by atoms with Gasteiger partial charge in [0.2, 0.25) is 5.91 Å². The molecule has 40 heavy (non-hydrogen) atoms. The lowest BCUT2D eigenvalue weighted by molar-refractivity contribution is -0.125. The van der Waals surface area contributed by atoms with Crippen LogP contribution in [0.3, 0.4) is 0 Å². The summed E-state index contributed by atoms with van der Waals surface area (Å²) in [6.07, 6.45) is 8.37. The van der Waals surface area contributed by atoms with Gasteiger partial charge in [-0.05, 0) is 69.5 Å². The lowest BCUT2D eigenvalue weighted by atomic mass is 10.0. The first-order valence-electron chi connectivity index (χ1n) is 13.9. The molecule has 0 bridgehead atoms. The second-order valence-electron chi connectivity index (χ2n) is 10.6. The fourth-order valence-corrected chi connectivity index (χ4v) is 5.05. The van der Waals surface area contributed by atoms with E-state index < -0.39 is 0 Å². The van der Waals surface area contributed by atoms with E-state index in [0.717, 1.165) is 18.7 Å². The minimum atomic E-state index is -0.00141. The van der Waals surface area contributed by atoms with Crippen LogP contribution in [0.5, 0.6) is 11.5 Å². The van der Waals surface area contributed by atoms with Gasteiger partial charge in [0.05, 0.1) is 11.3 Å². The third-order valence-electron chi connectivity index (χ3n) is 7.35. The minimum Gasteiger partial charge on any atom is -0.457 e. The second-order valence-corrected chi connectivity index (χ2v) is 10.6. The summed E-state index contributed by atoms with van der Waals surface area (Å²) in [5.74, 6) is 2.16. The summed E-state index contributed by atoms with van der Waals surface area (Å²) in [4.78, 5) is 25.7. The van der Waals surface area contributed by atoms with Crippen LogP contribution in [0, 0.1) is 5.41 Å². The molecule has 1 amide bonds. The van der Waals surface area contributed by atoms with E-state index in [9.17, 15) is 4.79 Å². The maximum Gasteiger partial charge on any atom is 0.246 e. The zero-order valence-electron chi connectivity index (χ0n) is 23.1. The standard InChI is InChI=1S/C31H37N7O2/c1-21(2)38(24-12-13-24)17-6-9-27(39)37-18-16-23(19-37)36-31-28(30(33)34-20-35-31)29(32)22-10-14-26(15-11-22)40-25-7-4-3-5-8-25/h3-11,14-15,20-21,23-24,32H,12-13,16-19H2,1-2H3,(H3,33,34,35,36)/b9-6+,32-29?. The lowest BCUT2D eigenvalue weighted by Gasteiger charge is -2.24. The van der Waals surface area contributed by atoms with Crippen LogP contribution in [0.4, 0.5) is 11.6 Å². The average Bonchev–Trinajstić information content (AvgIpc) is 3.68. The highest BCUT2D eigenvalue weighted by Crippen LogP contribution is 2.29. The highest BCUT2D eigenvalue weighted by atomic mass is 16.5. The van der Waals surface area contributed by atoms with E-state index in [1.807, 2.05) is 65.6 Å². The number of anilines is 2. The number of nitrogens with one attached hydrogen (secondary N) is 2. The largest absolute Gasteiger partial charge is 0.457 e. The van der Waals surface area contributed by atoms with E-state index in [4.69, 9.17) is 15.9 Å². The van der Waals surface area contributed by atoms with Crippen LogP contribution < -0.4 is 15.8 Å². The van der Waals surface area contributed by atoms with Gasteiger partial charge in [-0.3, -0.25) is 15.1 Å². The maximum atomic E-state index is 12.8. The van der Waals surface area contributed by atoms with Crippen LogP contribution in [0.15, 0.2) is 73.1 Å². The predicted octanol–water partition coefficient (Wildman–Crippen LogP) is 4.71. The molecule has 1 aromatic heterocycles. The molecule has 2 fully saturated rings. The van der Waals surface area contributed by atoms with Crippen LogP contribution in [-0.2, 0) is 4.79 Å². The van der Waals surface area contributed by atoms with Gasteiger partial charge < -0.3 is 20.7 Å². The van der Waals surface area contributed by atoms with Crippen molar-refractivity contribution < 1.29 is 9.53 Å². The molecular formula is C31H37N7O2. The fourth-order valence-electron chi connectivity index (χ4n) is 5.05. The number of benzene rings is 2. The number of aromatic nitrogens is 2. The molecule has 1 saturated heterocycles. The van der Waals surface area contributed by atoms with Crippen LogP contribution in [0.2, 0.25) is 0 Å². The molecule has 1 unspecified atom stereocenters. The molecule has 1 aliphatic carbocycles. The molecule has 0 radical (unpaired) electrons. The van der Waals surface area contributed by atoms with E-state index in [1.165, 1.54) is 19.2 Å². The Bertz CT molecular complexity index is 1350. The number of carbonyl (C=O) groups excluding carboxylic acids is 1. The Morgan fingerprint density at radius 3 is 2.55 bits per heavy atom. The molecule has 9 heteroatoms. The first-order valence-corrected chi connectivity index (χ1v) is 13.9. The normalized spacial score (nSPS) is 17.1. The van der Waals surface area contributed by atoms with Gasteiger partial charge in [-0.2, -0.15) is 0 Å². The maximum absolute atomic E-state index is 12.8. The SMILES string of the molecule is CC(C)N(C/C=C/C(=O)N1CCC(Nc2ncnc(N)c2C(=N)c2ccc(Oc3ccccc3)cc2)C1)C1CC1. The molecule has 2 aliphatic rings. The third kappa shape index (κ3) is 6.66. The Kier molecular flexibility index (Phi) is 8.40. The Morgan fingerprint density at radius 1 is 1.12 bits per heavy atom. The highest BCUT2D eigenvalue weighted by molar-refractivity contribution is 6.16. The van der Waals surface area contributed by atoms with Gasteiger partial charge in [-0.15, -0.1) is 0 Å². The van der Waals surface area contributed by atoms with Crippen molar-refractivity contribution in [3.63, 3.8) is 0 Å². The number of carbonyl (C=O) groups is 1. The molecule has 5 rings (SSSR count). The number of nitrogens with two attached hydrogens (primary N) is 1. The molecule has 208 valence electrons. The first-order chi connectivity index (χ1) is 19.4. The number of nitrogen functional groups attached to an aromatic ring is 1. The molecule has 1 atom stereocenters. The first kappa shape index (κ1) is 27.3. The number of likely N-dealkylation sites (tertiary alicyclic amines) is 1. The Morgan fingerprint density at radius 2 is 1.85 bits per heavy atom.